The standard InChI is InChI=1S/C21H23F2N5O.HI/c1-15-8-9-16(18(12-15)29-17-6-4-3-5-7-17)13-26-21(24-2)27-14-19-25-10-11-28(19)20(22)23;/h3-12,20H,13-14H2,1-2H3,(H2,24,26,27);1H. The van der Waals surface area contributed by atoms with Gasteiger partial charge >= 0.3 is 6.55 Å². The molecule has 6 nitrogen and oxygen atoms in total. The fourth-order valence-corrected chi connectivity index (χ4v) is 2.74. The average Bonchev–Trinajstić information content (AvgIpc) is 3.19. The number of nitrogens with one attached hydrogen (secondary N) is 2. The summed E-state index contributed by atoms with van der Waals surface area (Å²) in [6.07, 6.45) is 2.59. The van der Waals surface area contributed by atoms with Crippen LogP contribution in [-0.4, -0.2) is 22.6 Å². The van der Waals surface area contributed by atoms with E-state index in [0.717, 1.165) is 27.2 Å². The molecule has 0 atom stereocenters. The minimum absolute atomic E-state index is 0. The zero-order valence-corrected chi connectivity index (χ0v) is 19.0. The van der Waals surface area contributed by atoms with E-state index in [1.807, 2.05) is 55.5 Å². The van der Waals surface area contributed by atoms with Crippen LogP contribution in [0.2, 0.25) is 0 Å². The number of imidazole rings is 1. The maximum Gasteiger partial charge on any atom is 0.319 e. The molecule has 0 spiro atoms. The van der Waals surface area contributed by atoms with E-state index >= 15 is 0 Å². The molecular weight excluding hydrogens is 503 g/mol. The highest BCUT2D eigenvalue weighted by atomic mass is 127. The van der Waals surface area contributed by atoms with Crippen LogP contribution in [-0.2, 0) is 13.1 Å². The molecule has 3 aromatic rings. The van der Waals surface area contributed by atoms with Crippen LogP contribution in [0.1, 0.15) is 23.5 Å². The Morgan fingerprint density at radius 2 is 1.87 bits per heavy atom. The predicted molar refractivity (Wildman–Crippen MR) is 124 cm³/mol. The highest BCUT2D eigenvalue weighted by Gasteiger charge is 2.12. The minimum Gasteiger partial charge on any atom is -0.457 e. The number of hydrogen-bond donors (Lipinski definition) is 2. The van der Waals surface area contributed by atoms with E-state index in [1.54, 1.807) is 7.05 Å². The second kappa shape index (κ2) is 11.5. The Morgan fingerprint density at radius 3 is 2.57 bits per heavy atom. The molecule has 0 aliphatic rings. The van der Waals surface area contributed by atoms with Gasteiger partial charge in [0.2, 0.25) is 0 Å². The van der Waals surface area contributed by atoms with Gasteiger partial charge in [0.15, 0.2) is 5.96 Å². The highest BCUT2D eigenvalue weighted by molar-refractivity contribution is 14.0. The van der Waals surface area contributed by atoms with Crippen molar-refractivity contribution in [2.24, 2.45) is 4.99 Å². The normalized spacial score (nSPS) is 11.2. The lowest BCUT2D eigenvalue weighted by Crippen LogP contribution is -2.37. The molecule has 0 unspecified atom stereocenters. The molecule has 0 saturated heterocycles. The van der Waals surface area contributed by atoms with Crippen molar-refractivity contribution < 1.29 is 13.5 Å². The van der Waals surface area contributed by atoms with Gasteiger partial charge in [-0.05, 0) is 30.7 Å². The van der Waals surface area contributed by atoms with Crippen molar-refractivity contribution in [1.29, 1.82) is 0 Å². The summed E-state index contributed by atoms with van der Waals surface area (Å²) in [6, 6.07) is 15.5. The lowest BCUT2D eigenvalue weighted by molar-refractivity contribution is 0.0668. The van der Waals surface area contributed by atoms with Gasteiger partial charge in [-0.3, -0.25) is 9.56 Å². The third-order valence-electron chi connectivity index (χ3n) is 4.24. The summed E-state index contributed by atoms with van der Waals surface area (Å²) in [4.78, 5) is 8.09. The number of alkyl halides is 2. The van der Waals surface area contributed by atoms with Crippen LogP contribution in [0.5, 0.6) is 11.5 Å². The summed E-state index contributed by atoms with van der Waals surface area (Å²) < 4.78 is 32.7. The fraction of sp³-hybridized carbons (Fsp3) is 0.238. The number of guanidine groups is 1. The van der Waals surface area contributed by atoms with Crippen molar-refractivity contribution >= 4 is 29.9 Å². The molecule has 1 aromatic heterocycles. The molecular formula is C21H24F2IN5O. The van der Waals surface area contributed by atoms with Gasteiger partial charge in [0.1, 0.15) is 17.3 Å². The zero-order valence-electron chi connectivity index (χ0n) is 16.7. The summed E-state index contributed by atoms with van der Waals surface area (Å²) in [5, 5.41) is 6.18. The number of ether oxygens (including phenoxy) is 1. The smallest absolute Gasteiger partial charge is 0.319 e. The van der Waals surface area contributed by atoms with Crippen LogP contribution in [0.15, 0.2) is 65.9 Å². The van der Waals surface area contributed by atoms with Gasteiger partial charge in [0.05, 0.1) is 6.54 Å². The number of aryl methyl sites for hydroxylation is 1. The Labute approximate surface area is 191 Å². The van der Waals surface area contributed by atoms with Gasteiger partial charge in [-0.15, -0.1) is 24.0 Å². The Kier molecular flexibility index (Phi) is 9.03. The Balaban J connectivity index is 0.00000320. The Hall–Kier alpha value is -2.69. The van der Waals surface area contributed by atoms with Gasteiger partial charge in [-0.25, -0.2) is 4.98 Å². The third kappa shape index (κ3) is 6.41. The monoisotopic (exact) mass is 527 g/mol. The van der Waals surface area contributed by atoms with Gasteiger partial charge < -0.3 is 15.4 Å². The zero-order chi connectivity index (χ0) is 20.6. The van der Waals surface area contributed by atoms with Gasteiger partial charge in [-0.1, -0.05) is 30.3 Å². The van der Waals surface area contributed by atoms with E-state index in [-0.39, 0.29) is 36.3 Å². The van der Waals surface area contributed by atoms with Gasteiger partial charge in [0, 0.05) is 31.5 Å². The predicted octanol–water partition coefficient (Wildman–Crippen LogP) is 4.86. The largest absolute Gasteiger partial charge is 0.457 e. The van der Waals surface area contributed by atoms with Crippen molar-refractivity contribution in [2.45, 2.75) is 26.6 Å². The summed E-state index contributed by atoms with van der Waals surface area (Å²) in [6.45, 7) is -0.0563. The summed E-state index contributed by atoms with van der Waals surface area (Å²) in [5.41, 5.74) is 2.03. The molecule has 0 fully saturated rings. The average molecular weight is 527 g/mol. The number of hydrogen-bond acceptors (Lipinski definition) is 3. The first kappa shape index (κ1) is 23.6. The van der Waals surface area contributed by atoms with Gasteiger partial charge in [0.25, 0.3) is 0 Å². The number of aromatic nitrogens is 2. The topological polar surface area (TPSA) is 63.5 Å². The molecule has 0 bridgehead atoms. The van der Waals surface area contributed by atoms with Crippen molar-refractivity contribution in [1.82, 2.24) is 20.2 Å². The number of rotatable bonds is 7. The molecule has 2 aromatic carbocycles. The van der Waals surface area contributed by atoms with Crippen molar-refractivity contribution in [3.63, 3.8) is 0 Å². The fourth-order valence-electron chi connectivity index (χ4n) is 2.74. The van der Waals surface area contributed by atoms with Crippen LogP contribution in [0.3, 0.4) is 0 Å². The molecule has 0 amide bonds. The maximum absolute atomic E-state index is 12.9. The highest BCUT2D eigenvalue weighted by Crippen LogP contribution is 2.26. The molecule has 30 heavy (non-hydrogen) atoms. The van der Waals surface area contributed by atoms with Crippen LogP contribution < -0.4 is 15.4 Å². The number of para-hydroxylation sites is 1. The SMILES string of the molecule is CN=C(NCc1ccc(C)cc1Oc1ccccc1)NCc1nccn1C(F)F.I. The number of benzene rings is 2. The maximum atomic E-state index is 12.9. The minimum atomic E-state index is -2.63. The molecule has 0 aliphatic carbocycles. The summed E-state index contributed by atoms with van der Waals surface area (Å²) >= 11 is 0. The Bertz CT molecular complexity index is 963. The molecule has 3 rings (SSSR count). The van der Waals surface area contributed by atoms with E-state index in [2.05, 4.69) is 20.6 Å². The molecule has 9 heteroatoms. The number of aliphatic imine (C=N–C) groups is 1. The number of halogens is 3. The van der Waals surface area contributed by atoms with Crippen molar-refractivity contribution in [3.8, 4) is 11.5 Å². The van der Waals surface area contributed by atoms with E-state index in [1.165, 1.54) is 12.4 Å². The molecule has 1 heterocycles. The van der Waals surface area contributed by atoms with E-state index < -0.39 is 6.55 Å². The van der Waals surface area contributed by atoms with Crippen molar-refractivity contribution in [3.05, 3.63) is 77.9 Å². The molecule has 2 N–H and O–H groups in total. The molecule has 0 aliphatic heterocycles. The van der Waals surface area contributed by atoms with E-state index in [0.29, 0.717) is 12.5 Å². The quantitative estimate of drug-likeness (QED) is 0.262. The Morgan fingerprint density at radius 1 is 1.13 bits per heavy atom. The summed E-state index contributed by atoms with van der Waals surface area (Å²) in [5.74, 6) is 2.19. The lowest BCUT2D eigenvalue weighted by Gasteiger charge is -2.15. The first-order valence-electron chi connectivity index (χ1n) is 9.13. The molecule has 0 radical (unpaired) electrons. The van der Waals surface area contributed by atoms with Crippen LogP contribution in [0, 0.1) is 6.92 Å². The molecule has 160 valence electrons. The molecule has 0 saturated carbocycles. The van der Waals surface area contributed by atoms with Crippen molar-refractivity contribution in [2.75, 3.05) is 7.05 Å². The van der Waals surface area contributed by atoms with E-state index in [9.17, 15) is 8.78 Å². The number of nitrogens with zero attached hydrogens (tertiary/aromatic N) is 3. The van der Waals surface area contributed by atoms with Crippen LogP contribution in [0.25, 0.3) is 0 Å². The lowest BCUT2D eigenvalue weighted by atomic mass is 10.1. The van der Waals surface area contributed by atoms with Crippen LogP contribution in [0.4, 0.5) is 8.78 Å². The summed E-state index contributed by atoms with van der Waals surface area (Å²) in [7, 11) is 1.62. The van der Waals surface area contributed by atoms with Gasteiger partial charge in [-0.2, -0.15) is 8.78 Å². The van der Waals surface area contributed by atoms with E-state index in [4.69, 9.17) is 4.74 Å². The first-order chi connectivity index (χ1) is 14.1. The third-order valence-corrected chi connectivity index (χ3v) is 4.24. The van der Waals surface area contributed by atoms with Crippen LogP contribution >= 0.6 is 24.0 Å². The second-order valence-electron chi connectivity index (χ2n) is 6.33. The second-order valence-corrected chi connectivity index (χ2v) is 6.33. The first-order valence-corrected chi connectivity index (χ1v) is 9.13.